The lowest BCUT2D eigenvalue weighted by Gasteiger charge is -2.35. The zero-order valence-corrected chi connectivity index (χ0v) is 10.5. The van der Waals surface area contributed by atoms with Crippen LogP contribution in [0.5, 0.6) is 0 Å². The Balaban J connectivity index is 1.78. The molecule has 1 aliphatic carbocycles. The molecule has 2 atom stereocenters. The number of pyridine rings is 1. The van der Waals surface area contributed by atoms with Crippen molar-refractivity contribution in [1.82, 2.24) is 10.3 Å². The van der Waals surface area contributed by atoms with E-state index in [-0.39, 0.29) is 0 Å². The van der Waals surface area contributed by atoms with Crippen molar-refractivity contribution < 1.29 is 5.11 Å². The zero-order chi connectivity index (χ0) is 12.1. The molecule has 1 heterocycles. The molecule has 0 bridgehead atoms. The maximum absolute atomic E-state index is 10.4. The van der Waals surface area contributed by atoms with E-state index in [0.29, 0.717) is 12.5 Å². The molecule has 0 aromatic carbocycles. The highest BCUT2D eigenvalue weighted by Crippen LogP contribution is 2.31. The maximum Gasteiger partial charge on any atom is 0.0774 e. The van der Waals surface area contributed by atoms with Crippen LogP contribution >= 0.6 is 0 Å². The number of aliphatic hydroxyl groups is 1. The second kappa shape index (κ2) is 5.61. The van der Waals surface area contributed by atoms with Crippen LogP contribution in [0.25, 0.3) is 0 Å². The summed E-state index contributed by atoms with van der Waals surface area (Å²) in [7, 11) is 0. The largest absolute Gasteiger partial charge is 0.389 e. The van der Waals surface area contributed by atoms with Crippen LogP contribution in [0.1, 0.15) is 38.2 Å². The van der Waals surface area contributed by atoms with Gasteiger partial charge in [-0.2, -0.15) is 0 Å². The Morgan fingerprint density at radius 1 is 1.47 bits per heavy atom. The summed E-state index contributed by atoms with van der Waals surface area (Å²) >= 11 is 0. The van der Waals surface area contributed by atoms with Crippen molar-refractivity contribution in [3.05, 3.63) is 30.1 Å². The summed E-state index contributed by atoms with van der Waals surface area (Å²) in [4.78, 5) is 3.99. The fourth-order valence-corrected chi connectivity index (χ4v) is 2.73. The molecule has 0 spiro atoms. The van der Waals surface area contributed by atoms with Crippen molar-refractivity contribution >= 4 is 0 Å². The van der Waals surface area contributed by atoms with Gasteiger partial charge in [0.1, 0.15) is 0 Å². The smallest absolute Gasteiger partial charge is 0.0774 e. The summed E-state index contributed by atoms with van der Waals surface area (Å²) in [5, 5.41) is 13.8. The van der Waals surface area contributed by atoms with E-state index in [0.717, 1.165) is 25.8 Å². The van der Waals surface area contributed by atoms with E-state index in [1.165, 1.54) is 12.0 Å². The highest BCUT2D eigenvalue weighted by Gasteiger charge is 2.31. The first-order chi connectivity index (χ1) is 8.18. The summed E-state index contributed by atoms with van der Waals surface area (Å²) < 4.78 is 0. The Hall–Kier alpha value is -0.930. The average Bonchev–Trinajstić information content (AvgIpc) is 2.30. The molecule has 2 unspecified atom stereocenters. The van der Waals surface area contributed by atoms with Crippen molar-refractivity contribution in [3.8, 4) is 0 Å². The van der Waals surface area contributed by atoms with E-state index in [4.69, 9.17) is 0 Å². The molecule has 1 fully saturated rings. The first-order valence-corrected chi connectivity index (χ1v) is 6.50. The quantitative estimate of drug-likeness (QED) is 0.838. The molecule has 0 saturated heterocycles. The predicted molar refractivity (Wildman–Crippen MR) is 68.5 cm³/mol. The highest BCUT2D eigenvalue weighted by molar-refractivity contribution is 5.09. The normalized spacial score (nSPS) is 29.2. The van der Waals surface area contributed by atoms with Gasteiger partial charge in [0.05, 0.1) is 5.60 Å². The minimum atomic E-state index is -0.495. The van der Waals surface area contributed by atoms with Crippen LogP contribution in [0, 0.1) is 5.92 Å². The van der Waals surface area contributed by atoms with Gasteiger partial charge in [0.15, 0.2) is 0 Å². The zero-order valence-electron chi connectivity index (χ0n) is 10.5. The van der Waals surface area contributed by atoms with E-state index in [1.807, 2.05) is 12.1 Å². The van der Waals surface area contributed by atoms with Gasteiger partial charge in [0.2, 0.25) is 0 Å². The minimum absolute atomic E-state index is 0.495. The molecule has 0 amide bonds. The molecule has 2 rings (SSSR count). The monoisotopic (exact) mass is 234 g/mol. The first kappa shape index (κ1) is 12.5. The molecule has 1 aromatic rings. The van der Waals surface area contributed by atoms with Gasteiger partial charge >= 0.3 is 0 Å². The molecule has 1 aliphatic rings. The molecular formula is C14H22N2O. The fourth-order valence-electron chi connectivity index (χ4n) is 2.73. The van der Waals surface area contributed by atoms with Gasteiger partial charge in [-0.15, -0.1) is 0 Å². The third-order valence-electron chi connectivity index (χ3n) is 3.60. The van der Waals surface area contributed by atoms with Crippen LogP contribution in [0.3, 0.4) is 0 Å². The lowest BCUT2D eigenvalue weighted by molar-refractivity contribution is -0.0119. The summed E-state index contributed by atoms with van der Waals surface area (Å²) in [5.41, 5.74) is 0.720. The van der Waals surface area contributed by atoms with Crippen LogP contribution in [0.2, 0.25) is 0 Å². The van der Waals surface area contributed by atoms with Crippen LogP contribution < -0.4 is 5.32 Å². The molecule has 3 nitrogen and oxygen atoms in total. The van der Waals surface area contributed by atoms with Gasteiger partial charge in [0.25, 0.3) is 0 Å². The van der Waals surface area contributed by atoms with Crippen molar-refractivity contribution in [2.75, 3.05) is 6.54 Å². The van der Waals surface area contributed by atoms with Crippen LogP contribution in [0.4, 0.5) is 0 Å². The minimum Gasteiger partial charge on any atom is -0.389 e. The first-order valence-electron chi connectivity index (χ1n) is 6.50. The summed E-state index contributed by atoms with van der Waals surface area (Å²) in [6.45, 7) is 3.73. The molecule has 17 heavy (non-hydrogen) atoms. The molecule has 0 radical (unpaired) electrons. The molecule has 0 aliphatic heterocycles. The molecule has 1 saturated carbocycles. The van der Waals surface area contributed by atoms with Gasteiger partial charge in [-0.05, 0) is 36.5 Å². The topological polar surface area (TPSA) is 45.1 Å². The van der Waals surface area contributed by atoms with Crippen molar-refractivity contribution in [2.45, 2.75) is 44.8 Å². The fraction of sp³-hybridized carbons (Fsp3) is 0.643. The van der Waals surface area contributed by atoms with Crippen molar-refractivity contribution in [3.63, 3.8) is 0 Å². The van der Waals surface area contributed by atoms with Gasteiger partial charge in [0, 0.05) is 25.5 Å². The number of hydrogen-bond donors (Lipinski definition) is 2. The third kappa shape index (κ3) is 3.79. The van der Waals surface area contributed by atoms with E-state index in [2.05, 4.69) is 17.2 Å². The lowest BCUT2D eigenvalue weighted by Crippen LogP contribution is -2.43. The Morgan fingerprint density at radius 2 is 2.24 bits per heavy atom. The van der Waals surface area contributed by atoms with Gasteiger partial charge in [-0.25, -0.2) is 0 Å². The number of nitrogens with zero attached hydrogens (tertiary/aromatic N) is 1. The summed E-state index contributed by atoms with van der Waals surface area (Å²) in [6.07, 6.45) is 7.86. The Kier molecular flexibility index (Phi) is 4.13. The molecule has 2 N–H and O–H groups in total. The molecular weight excluding hydrogens is 212 g/mol. The van der Waals surface area contributed by atoms with Crippen LogP contribution in [-0.2, 0) is 6.54 Å². The Morgan fingerprint density at radius 3 is 2.94 bits per heavy atom. The van der Waals surface area contributed by atoms with Crippen molar-refractivity contribution in [2.24, 2.45) is 5.92 Å². The molecule has 3 heteroatoms. The summed E-state index contributed by atoms with van der Waals surface area (Å²) in [5.74, 6) is 0.650. The number of nitrogens with one attached hydrogen (secondary N) is 1. The van der Waals surface area contributed by atoms with Crippen molar-refractivity contribution in [1.29, 1.82) is 0 Å². The molecule has 94 valence electrons. The van der Waals surface area contributed by atoms with Gasteiger partial charge < -0.3 is 10.4 Å². The maximum atomic E-state index is 10.4. The third-order valence-corrected chi connectivity index (χ3v) is 3.60. The Labute approximate surface area is 103 Å². The van der Waals surface area contributed by atoms with E-state index < -0.39 is 5.60 Å². The lowest BCUT2D eigenvalue weighted by atomic mass is 9.79. The standard InChI is InChI=1S/C14H22N2O/c1-12-3-2-6-14(17,9-12)11-16-10-13-4-7-15-8-5-13/h4-5,7-8,12,16-17H,2-3,6,9-11H2,1H3. The SMILES string of the molecule is CC1CCCC(O)(CNCc2ccncc2)C1. The summed E-state index contributed by atoms with van der Waals surface area (Å²) in [6, 6.07) is 4.00. The second-order valence-corrected chi connectivity index (χ2v) is 5.38. The Bertz CT molecular complexity index is 341. The van der Waals surface area contributed by atoms with E-state index in [9.17, 15) is 5.11 Å². The van der Waals surface area contributed by atoms with Crippen LogP contribution in [-0.4, -0.2) is 22.2 Å². The van der Waals surface area contributed by atoms with Gasteiger partial charge in [-0.3, -0.25) is 4.98 Å². The molecule has 1 aromatic heterocycles. The van der Waals surface area contributed by atoms with E-state index >= 15 is 0 Å². The van der Waals surface area contributed by atoms with Crippen LogP contribution in [0.15, 0.2) is 24.5 Å². The number of aromatic nitrogens is 1. The van der Waals surface area contributed by atoms with Gasteiger partial charge in [-0.1, -0.05) is 19.8 Å². The van der Waals surface area contributed by atoms with E-state index in [1.54, 1.807) is 12.4 Å². The highest BCUT2D eigenvalue weighted by atomic mass is 16.3. The average molecular weight is 234 g/mol. The number of rotatable bonds is 4. The predicted octanol–water partition coefficient (Wildman–Crippen LogP) is 2.11. The number of hydrogen-bond acceptors (Lipinski definition) is 3. The second-order valence-electron chi connectivity index (χ2n) is 5.38.